The molecule has 15 heavy (non-hydrogen) atoms. The summed E-state index contributed by atoms with van der Waals surface area (Å²) >= 11 is 0. The summed E-state index contributed by atoms with van der Waals surface area (Å²) in [6, 6.07) is 0.525. The van der Waals surface area contributed by atoms with E-state index in [1.54, 1.807) is 0 Å². The van der Waals surface area contributed by atoms with Gasteiger partial charge >= 0.3 is 0 Å². The molecule has 1 aliphatic heterocycles. The summed E-state index contributed by atoms with van der Waals surface area (Å²) in [5.41, 5.74) is -0.577. The van der Waals surface area contributed by atoms with Crippen LogP contribution in [0, 0.1) is 5.92 Å². The molecule has 0 aromatic heterocycles. The van der Waals surface area contributed by atoms with Gasteiger partial charge in [-0.3, -0.25) is 0 Å². The molecule has 0 spiro atoms. The Morgan fingerprint density at radius 3 is 2.53 bits per heavy atom. The van der Waals surface area contributed by atoms with Crippen molar-refractivity contribution in [3.63, 3.8) is 0 Å². The Morgan fingerprint density at radius 2 is 2.00 bits per heavy atom. The highest BCUT2D eigenvalue weighted by Crippen LogP contribution is 2.16. The fourth-order valence-corrected chi connectivity index (χ4v) is 2.22. The highest BCUT2D eigenvalue weighted by Gasteiger charge is 2.23. The first-order chi connectivity index (χ1) is 6.99. The Labute approximate surface area is 93.2 Å². The van der Waals surface area contributed by atoms with Gasteiger partial charge in [-0.2, -0.15) is 0 Å². The van der Waals surface area contributed by atoms with Crippen LogP contribution in [0.2, 0.25) is 0 Å². The summed E-state index contributed by atoms with van der Waals surface area (Å²) in [5, 5.41) is 13.6. The second-order valence-electron chi connectivity index (χ2n) is 5.36. The maximum Gasteiger partial charge on any atom is 0.0746 e. The molecule has 2 N–H and O–H groups in total. The summed E-state index contributed by atoms with van der Waals surface area (Å²) in [6.45, 7) is 8.59. The molecule has 1 atom stereocenters. The molecule has 0 aromatic carbocycles. The smallest absolute Gasteiger partial charge is 0.0746 e. The van der Waals surface area contributed by atoms with Crippen LogP contribution in [0.25, 0.3) is 0 Å². The number of hydrogen-bond acceptors (Lipinski definition) is 3. The molecule has 0 radical (unpaired) electrons. The highest BCUT2D eigenvalue weighted by atomic mass is 16.5. The Bertz CT molecular complexity index is 174. The summed E-state index contributed by atoms with van der Waals surface area (Å²) in [5.74, 6) is 0.538. The topological polar surface area (TPSA) is 41.5 Å². The minimum atomic E-state index is -0.577. The fourth-order valence-electron chi connectivity index (χ4n) is 2.22. The van der Waals surface area contributed by atoms with Crippen LogP contribution in [0.5, 0.6) is 0 Å². The Balaban J connectivity index is 2.21. The standard InChI is InChI=1S/C12H25NO2/c1-10(2)8-12(3,14)9-13-11-4-6-15-7-5-11/h10-11,13-14H,4-9H2,1-3H3. The lowest BCUT2D eigenvalue weighted by Crippen LogP contribution is -2.45. The van der Waals surface area contributed by atoms with E-state index < -0.39 is 5.60 Å². The van der Waals surface area contributed by atoms with Gasteiger partial charge in [0, 0.05) is 25.8 Å². The quantitative estimate of drug-likeness (QED) is 0.731. The number of hydrogen-bond donors (Lipinski definition) is 2. The van der Waals surface area contributed by atoms with Gasteiger partial charge in [0.1, 0.15) is 0 Å². The predicted octanol–water partition coefficient (Wildman–Crippen LogP) is 1.55. The minimum absolute atomic E-state index is 0.525. The lowest BCUT2D eigenvalue weighted by molar-refractivity contribution is 0.0256. The van der Waals surface area contributed by atoms with Gasteiger partial charge < -0.3 is 15.2 Å². The van der Waals surface area contributed by atoms with Crippen LogP contribution in [0.1, 0.15) is 40.0 Å². The SMILES string of the molecule is CC(C)CC(C)(O)CNC1CCOCC1. The van der Waals surface area contributed by atoms with E-state index >= 15 is 0 Å². The molecule has 90 valence electrons. The lowest BCUT2D eigenvalue weighted by Gasteiger charge is -2.30. The summed E-state index contributed by atoms with van der Waals surface area (Å²) in [7, 11) is 0. The van der Waals surface area contributed by atoms with E-state index in [9.17, 15) is 5.11 Å². The maximum absolute atomic E-state index is 10.1. The Hall–Kier alpha value is -0.120. The monoisotopic (exact) mass is 215 g/mol. The van der Waals surface area contributed by atoms with E-state index in [0.29, 0.717) is 18.5 Å². The van der Waals surface area contributed by atoms with Gasteiger partial charge in [-0.05, 0) is 32.1 Å². The molecule has 0 aromatic rings. The minimum Gasteiger partial charge on any atom is -0.389 e. The van der Waals surface area contributed by atoms with Crippen LogP contribution in [0.15, 0.2) is 0 Å². The van der Waals surface area contributed by atoms with Gasteiger partial charge in [-0.25, -0.2) is 0 Å². The van der Waals surface area contributed by atoms with Gasteiger partial charge in [-0.15, -0.1) is 0 Å². The molecule has 1 heterocycles. The third kappa shape index (κ3) is 5.50. The Kier molecular flexibility index (Phi) is 5.03. The first-order valence-electron chi connectivity index (χ1n) is 6.03. The fraction of sp³-hybridized carbons (Fsp3) is 1.00. The van der Waals surface area contributed by atoms with Crippen molar-refractivity contribution in [2.75, 3.05) is 19.8 Å². The molecular formula is C12H25NO2. The van der Waals surface area contributed by atoms with E-state index in [-0.39, 0.29) is 0 Å². The van der Waals surface area contributed by atoms with E-state index in [2.05, 4.69) is 19.2 Å². The number of ether oxygens (including phenoxy) is 1. The second kappa shape index (κ2) is 5.83. The first kappa shape index (κ1) is 12.9. The zero-order chi connectivity index (χ0) is 11.3. The molecule has 0 saturated carbocycles. The zero-order valence-electron chi connectivity index (χ0n) is 10.3. The second-order valence-corrected chi connectivity index (χ2v) is 5.36. The molecule has 1 saturated heterocycles. The van der Waals surface area contributed by atoms with Crippen molar-refractivity contribution in [1.82, 2.24) is 5.32 Å². The van der Waals surface area contributed by atoms with Gasteiger partial charge in [0.15, 0.2) is 0 Å². The van der Waals surface area contributed by atoms with E-state index in [4.69, 9.17) is 4.74 Å². The predicted molar refractivity (Wildman–Crippen MR) is 61.9 cm³/mol. The molecule has 1 unspecified atom stereocenters. The molecular weight excluding hydrogens is 190 g/mol. The molecule has 1 fully saturated rings. The van der Waals surface area contributed by atoms with Crippen molar-refractivity contribution in [3.8, 4) is 0 Å². The van der Waals surface area contributed by atoms with E-state index in [1.807, 2.05) is 6.92 Å². The average molecular weight is 215 g/mol. The number of aliphatic hydroxyl groups is 1. The van der Waals surface area contributed by atoms with Crippen LogP contribution in [0.3, 0.4) is 0 Å². The van der Waals surface area contributed by atoms with Crippen molar-refractivity contribution >= 4 is 0 Å². The normalized spacial score (nSPS) is 23.0. The lowest BCUT2D eigenvalue weighted by atomic mass is 9.93. The van der Waals surface area contributed by atoms with Crippen molar-refractivity contribution < 1.29 is 9.84 Å². The average Bonchev–Trinajstić information content (AvgIpc) is 2.15. The molecule has 0 bridgehead atoms. The molecule has 0 amide bonds. The first-order valence-corrected chi connectivity index (χ1v) is 6.03. The van der Waals surface area contributed by atoms with E-state index in [1.165, 1.54) is 0 Å². The molecule has 3 nitrogen and oxygen atoms in total. The largest absolute Gasteiger partial charge is 0.389 e. The maximum atomic E-state index is 10.1. The molecule has 1 rings (SSSR count). The van der Waals surface area contributed by atoms with Crippen molar-refractivity contribution in [3.05, 3.63) is 0 Å². The van der Waals surface area contributed by atoms with Gasteiger partial charge in [-0.1, -0.05) is 13.8 Å². The van der Waals surface area contributed by atoms with Crippen molar-refractivity contribution in [1.29, 1.82) is 0 Å². The molecule has 1 aliphatic rings. The zero-order valence-corrected chi connectivity index (χ0v) is 10.3. The van der Waals surface area contributed by atoms with Crippen LogP contribution in [-0.2, 0) is 4.74 Å². The van der Waals surface area contributed by atoms with Crippen molar-refractivity contribution in [2.45, 2.75) is 51.7 Å². The number of nitrogens with one attached hydrogen (secondary N) is 1. The van der Waals surface area contributed by atoms with Crippen LogP contribution in [-0.4, -0.2) is 36.5 Å². The Morgan fingerprint density at radius 1 is 1.40 bits per heavy atom. The molecule has 0 aliphatic carbocycles. The summed E-state index contributed by atoms with van der Waals surface area (Å²) in [4.78, 5) is 0. The van der Waals surface area contributed by atoms with Crippen molar-refractivity contribution in [2.24, 2.45) is 5.92 Å². The van der Waals surface area contributed by atoms with Crippen LogP contribution < -0.4 is 5.32 Å². The van der Waals surface area contributed by atoms with Gasteiger partial charge in [0.05, 0.1) is 5.60 Å². The third-order valence-electron chi connectivity index (χ3n) is 2.84. The summed E-state index contributed by atoms with van der Waals surface area (Å²) < 4.78 is 5.29. The molecule has 3 heteroatoms. The van der Waals surface area contributed by atoms with Crippen LogP contribution in [0.4, 0.5) is 0 Å². The van der Waals surface area contributed by atoms with E-state index in [0.717, 1.165) is 32.5 Å². The van der Waals surface area contributed by atoms with Crippen LogP contribution >= 0.6 is 0 Å². The third-order valence-corrected chi connectivity index (χ3v) is 2.84. The number of rotatable bonds is 5. The van der Waals surface area contributed by atoms with Gasteiger partial charge in [0.2, 0.25) is 0 Å². The summed E-state index contributed by atoms with van der Waals surface area (Å²) in [6.07, 6.45) is 2.98. The van der Waals surface area contributed by atoms with Gasteiger partial charge in [0.25, 0.3) is 0 Å². The highest BCUT2D eigenvalue weighted by molar-refractivity contribution is 4.80.